The summed E-state index contributed by atoms with van der Waals surface area (Å²) in [5.74, 6) is -1.67. The number of amides is 1. The first kappa shape index (κ1) is 14.9. The predicted octanol–water partition coefficient (Wildman–Crippen LogP) is -1.11. The largest absolute Gasteiger partial charge is 0.478 e. The van der Waals surface area contributed by atoms with Gasteiger partial charge in [0.05, 0.1) is 5.56 Å². The zero-order valence-corrected chi connectivity index (χ0v) is 10.2. The molecule has 0 aliphatic rings. The van der Waals surface area contributed by atoms with E-state index in [-0.39, 0.29) is 29.4 Å². The molecular formula is C11H15N3O5. The Hall–Kier alpha value is -2.19. The Morgan fingerprint density at radius 1 is 1.47 bits per heavy atom. The zero-order chi connectivity index (χ0) is 14.6. The number of aromatic nitrogens is 1. The Kier molecular flexibility index (Phi) is 4.79. The fourth-order valence-corrected chi connectivity index (χ4v) is 1.41. The molecule has 0 radical (unpaired) electrons. The molecule has 0 fully saturated rings. The maximum atomic E-state index is 10.8. The van der Waals surface area contributed by atoms with E-state index in [1.807, 2.05) is 0 Å². The van der Waals surface area contributed by atoms with Gasteiger partial charge >= 0.3 is 5.97 Å². The number of nitrogens with two attached hydrogens (primary N) is 1. The fourth-order valence-electron chi connectivity index (χ4n) is 1.41. The zero-order valence-electron chi connectivity index (χ0n) is 10.2. The minimum atomic E-state index is -1.45. The summed E-state index contributed by atoms with van der Waals surface area (Å²) in [6.07, 6.45) is -1.72. The average Bonchev–Trinajstić information content (AvgIpc) is 2.35. The Morgan fingerprint density at radius 3 is 2.63 bits per heavy atom. The molecule has 0 aliphatic carbocycles. The number of rotatable bonds is 5. The average molecular weight is 269 g/mol. The monoisotopic (exact) mass is 269 g/mol. The summed E-state index contributed by atoms with van der Waals surface area (Å²) in [6.45, 7) is 1.08. The van der Waals surface area contributed by atoms with Crippen molar-refractivity contribution in [3.05, 3.63) is 23.4 Å². The van der Waals surface area contributed by atoms with E-state index in [4.69, 9.17) is 10.8 Å². The molecule has 0 aromatic carbocycles. The van der Waals surface area contributed by atoms with Gasteiger partial charge in [0.2, 0.25) is 5.91 Å². The Labute approximate surface area is 108 Å². The summed E-state index contributed by atoms with van der Waals surface area (Å²) in [5.41, 5.74) is 5.36. The van der Waals surface area contributed by atoms with Crippen LogP contribution in [-0.4, -0.2) is 44.8 Å². The number of nitrogen functional groups attached to an aromatic ring is 1. The Bertz CT molecular complexity index is 491. The quantitative estimate of drug-likeness (QED) is 0.455. The van der Waals surface area contributed by atoms with E-state index >= 15 is 0 Å². The van der Waals surface area contributed by atoms with E-state index in [0.29, 0.717) is 0 Å². The van der Waals surface area contributed by atoms with Crippen molar-refractivity contribution >= 4 is 17.7 Å². The minimum Gasteiger partial charge on any atom is -0.478 e. The summed E-state index contributed by atoms with van der Waals surface area (Å²) < 4.78 is 0. The molecule has 1 aromatic rings. The highest BCUT2D eigenvalue weighted by Crippen LogP contribution is 2.22. The number of carboxylic acid groups (broad SMARTS) is 1. The lowest BCUT2D eigenvalue weighted by atomic mass is 10.0. The van der Waals surface area contributed by atoms with Crippen molar-refractivity contribution in [1.29, 1.82) is 0 Å². The molecule has 8 nitrogen and oxygen atoms in total. The molecule has 6 N–H and O–H groups in total. The van der Waals surface area contributed by atoms with E-state index < -0.39 is 18.2 Å². The molecule has 104 valence electrons. The van der Waals surface area contributed by atoms with E-state index in [2.05, 4.69) is 10.3 Å². The van der Waals surface area contributed by atoms with Gasteiger partial charge in [-0.25, -0.2) is 9.78 Å². The van der Waals surface area contributed by atoms with Crippen LogP contribution in [0, 0.1) is 0 Å². The first-order chi connectivity index (χ1) is 8.82. The van der Waals surface area contributed by atoms with Gasteiger partial charge in [-0.3, -0.25) is 4.79 Å². The highest BCUT2D eigenvalue weighted by molar-refractivity contribution is 5.87. The van der Waals surface area contributed by atoms with Crippen LogP contribution in [0.3, 0.4) is 0 Å². The second-order valence-electron chi connectivity index (χ2n) is 3.95. The van der Waals surface area contributed by atoms with E-state index in [1.165, 1.54) is 6.92 Å². The number of carbonyl (C=O) groups is 2. The molecule has 19 heavy (non-hydrogen) atoms. The summed E-state index contributed by atoms with van der Waals surface area (Å²) in [6, 6.07) is 1.13. The van der Waals surface area contributed by atoms with Gasteiger partial charge in [0, 0.05) is 25.2 Å². The van der Waals surface area contributed by atoms with Crippen LogP contribution in [-0.2, 0) is 4.79 Å². The Balaban J connectivity index is 2.91. The third kappa shape index (κ3) is 3.90. The summed E-state index contributed by atoms with van der Waals surface area (Å²) in [5, 5.41) is 30.7. The van der Waals surface area contributed by atoms with Crippen LogP contribution < -0.4 is 11.1 Å². The van der Waals surface area contributed by atoms with Gasteiger partial charge in [-0.1, -0.05) is 0 Å². The first-order valence-corrected chi connectivity index (χ1v) is 5.42. The lowest BCUT2D eigenvalue weighted by Gasteiger charge is -2.19. The number of pyridine rings is 1. The maximum Gasteiger partial charge on any atom is 0.337 e. The molecule has 0 spiro atoms. The molecule has 1 rings (SSSR count). The first-order valence-electron chi connectivity index (χ1n) is 5.42. The number of nitrogens with zero attached hydrogens (tertiary/aromatic N) is 1. The van der Waals surface area contributed by atoms with Gasteiger partial charge in [-0.15, -0.1) is 0 Å². The van der Waals surface area contributed by atoms with Gasteiger partial charge < -0.3 is 26.4 Å². The van der Waals surface area contributed by atoms with Crippen molar-refractivity contribution in [2.75, 3.05) is 12.3 Å². The summed E-state index contributed by atoms with van der Waals surface area (Å²) in [7, 11) is 0. The van der Waals surface area contributed by atoms with Crippen LogP contribution in [0.5, 0.6) is 0 Å². The number of carbonyl (C=O) groups excluding carboxylic acids is 1. The molecule has 1 amide bonds. The van der Waals surface area contributed by atoms with E-state index in [9.17, 15) is 19.8 Å². The number of hydrogen-bond donors (Lipinski definition) is 5. The molecule has 8 heteroatoms. The molecule has 0 saturated heterocycles. The van der Waals surface area contributed by atoms with Crippen LogP contribution in [0.4, 0.5) is 5.82 Å². The van der Waals surface area contributed by atoms with Gasteiger partial charge in [-0.2, -0.15) is 0 Å². The van der Waals surface area contributed by atoms with Crippen molar-refractivity contribution in [2.45, 2.75) is 19.1 Å². The molecule has 1 heterocycles. The van der Waals surface area contributed by atoms with Crippen LogP contribution in [0.25, 0.3) is 0 Å². The second kappa shape index (κ2) is 6.12. The maximum absolute atomic E-state index is 10.8. The molecule has 0 bridgehead atoms. The van der Waals surface area contributed by atoms with E-state index in [1.54, 1.807) is 0 Å². The number of anilines is 1. The van der Waals surface area contributed by atoms with Crippen LogP contribution in [0.15, 0.2) is 12.3 Å². The van der Waals surface area contributed by atoms with Gasteiger partial charge in [0.25, 0.3) is 0 Å². The third-order valence-corrected chi connectivity index (χ3v) is 2.44. The number of aromatic carboxylic acids is 1. The Morgan fingerprint density at radius 2 is 2.11 bits per heavy atom. The van der Waals surface area contributed by atoms with Gasteiger partial charge in [0.1, 0.15) is 18.0 Å². The number of carboxylic acids is 1. The second-order valence-corrected chi connectivity index (χ2v) is 3.95. The normalized spacial score (nSPS) is 13.6. The lowest BCUT2D eigenvalue weighted by Crippen LogP contribution is -2.34. The molecule has 2 unspecified atom stereocenters. The summed E-state index contributed by atoms with van der Waals surface area (Å²) in [4.78, 5) is 25.1. The fraction of sp³-hybridized carbons (Fsp3) is 0.364. The van der Waals surface area contributed by atoms with E-state index in [0.717, 1.165) is 12.3 Å². The van der Waals surface area contributed by atoms with Crippen molar-refractivity contribution in [1.82, 2.24) is 10.3 Å². The topological polar surface area (TPSA) is 146 Å². The molecule has 0 saturated carbocycles. The minimum absolute atomic E-state index is 0.00208. The summed E-state index contributed by atoms with van der Waals surface area (Å²) >= 11 is 0. The van der Waals surface area contributed by atoms with Crippen molar-refractivity contribution in [2.24, 2.45) is 0 Å². The molecular weight excluding hydrogens is 254 g/mol. The van der Waals surface area contributed by atoms with Gasteiger partial charge in [-0.05, 0) is 6.07 Å². The van der Waals surface area contributed by atoms with Gasteiger partial charge in [0.15, 0.2) is 0 Å². The highest BCUT2D eigenvalue weighted by Gasteiger charge is 2.22. The lowest BCUT2D eigenvalue weighted by molar-refractivity contribution is -0.119. The molecule has 2 atom stereocenters. The SMILES string of the molecule is CC(=O)NCC(O)C(O)c1cc(C(=O)O)cnc1N. The van der Waals surface area contributed by atoms with Crippen molar-refractivity contribution in [3.63, 3.8) is 0 Å². The van der Waals surface area contributed by atoms with Crippen molar-refractivity contribution < 1.29 is 24.9 Å². The number of aliphatic hydroxyl groups is 2. The number of nitrogens with one attached hydrogen (secondary N) is 1. The van der Waals surface area contributed by atoms with Crippen LogP contribution in [0.1, 0.15) is 28.9 Å². The predicted molar refractivity (Wildman–Crippen MR) is 65.3 cm³/mol. The van der Waals surface area contributed by atoms with Crippen LogP contribution in [0.2, 0.25) is 0 Å². The standard InChI is InChI=1S/C11H15N3O5/c1-5(15)13-4-8(16)9(17)7-2-6(11(18)19)3-14-10(7)12/h2-3,8-9,16-17H,4H2,1H3,(H2,12,14)(H,13,15)(H,18,19). The number of hydrogen-bond acceptors (Lipinski definition) is 6. The molecule has 1 aromatic heterocycles. The molecule has 0 aliphatic heterocycles. The smallest absolute Gasteiger partial charge is 0.337 e. The van der Waals surface area contributed by atoms with Crippen molar-refractivity contribution in [3.8, 4) is 0 Å². The number of aliphatic hydroxyl groups excluding tert-OH is 2. The highest BCUT2D eigenvalue weighted by atomic mass is 16.4. The van der Waals surface area contributed by atoms with Crippen LogP contribution >= 0.6 is 0 Å². The third-order valence-electron chi connectivity index (χ3n) is 2.44.